The monoisotopic (exact) mass is 525 g/mol. The molecule has 1 aromatic heterocycles. The molecule has 3 rings (SSSR count). The van der Waals surface area contributed by atoms with E-state index in [1.54, 1.807) is 0 Å². The zero-order valence-corrected chi connectivity index (χ0v) is 20.6. The first-order chi connectivity index (χ1) is 14.2. The van der Waals surface area contributed by atoms with E-state index in [0.717, 1.165) is 71.2 Å². The first-order valence-electron chi connectivity index (χ1n) is 10.7. The van der Waals surface area contributed by atoms with E-state index >= 15 is 0 Å². The van der Waals surface area contributed by atoms with Crippen LogP contribution in [0.3, 0.4) is 0 Å². The van der Waals surface area contributed by atoms with Crippen LogP contribution in [0, 0.1) is 6.92 Å². The Labute approximate surface area is 197 Å². The summed E-state index contributed by atoms with van der Waals surface area (Å²) in [5, 5.41) is 11.0. The van der Waals surface area contributed by atoms with E-state index in [-0.39, 0.29) is 24.0 Å². The first kappa shape index (κ1) is 24.5. The highest BCUT2D eigenvalue weighted by atomic mass is 127. The van der Waals surface area contributed by atoms with Gasteiger partial charge in [0, 0.05) is 70.9 Å². The highest BCUT2D eigenvalue weighted by Crippen LogP contribution is 2.17. The number of nitrogens with zero attached hydrogens (tertiary/aromatic N) is 5. The van der Waals surface area contributed by atoms with Gasteiger partial charge in [0.1, 0.15) is 0 Å². The zero-order valence-electron chi connectivity index (χ0n) is 18.3. The fourth-order valence-corrected chi connectivity index (χ4v) is 3.66. The van der Waals surface area contributed by atoms with Gasteiger partial charge in [0.15, 0.2) is 5.96 Å². The minimum atomic E-state index is 0. The second-order valence-corrected chi connectivity index (χ2v) is 7.57. The van der Waals surface area contributed by atoms with Crippen molar-refractivity contribution in [2.24, 2.45) is 4.99 Å². The van der Waals surface area contributed by atoms with Crippen LogP contribution in [-0.4, -0.2) is 73.5 Å². The number of anilines is 1. The Hall–Kier alpha value is -1.81. The molecule has 1 aliphatic heterocycles. The normalized spacial score (nSPS) is 15.0. The summed E-state index contributed by atoms with van der Waals surface area (Å²) in [5.74, 6) is 0.884. The van der Waals surface area contributed by atoms with Gasteiger partial charge in [-0.25, -0.2) is 0 Å². The Bertz CT molecular complexity index is 740. The maximum Gasteiger partial charge on any atom is 0.190 e. The van der Waals surface area contributed by atoms with Gasteiger partial charge in [0.2, 0.25) is 0 Å². The molecule has 0 atom stereocenters. The summed E-state index contributed by atoms with van der Waals surface area (Å²) in [6.07, 6.45) is 5.95. The maximum absolute atomic E-state index is 4.31. The maximum atomic E-state index is 4.31. The fourth-order valence-electron chi connectivity index (χ4n) is 3.66. The minimum absolute atomic E-state index is 0. The largest absolute Gasteiger partial charge is 0.369 e. The highest BCUT2D eigenvalue weighted by molar-refractivity contribution is 14.0. The summed E-state index contributed by atoms with van der Waals surface area (Å²) in [7, 11) is 1.83. The molecule has 166 valence electrons. The Morgan fingerprint density at radius 2 is 1.77 bits per heavy atom. The average Bonchev–Trinajstić information content (AvgIpc) is 3.26. The summed E-state index contributed by atoms with van der Waals surface area (Å²) in [4.78, 5) is 9.37. The molecule has 0 unspecified atom stereocenters. The summed E-state index contributed by atoms with van der Waals surface area (Å²) < 4.78 is 1.95. The average molecular weight is 525 g/mol. The van der Waals surface area contributed by atoms with Crippen molar-refractivity contribution in [3.63, 3.8) is 0 Å². The number of benzene rings is 1. The van der Waals surface area contributed by atoms with Crippen molar-refractivity contribution in [3.8, 4) is 0 Å². The summed E-state index contributed by atoms with van der Waals surface area (Å²) >= 11 is 0. The van der Waals surface area contributed by atoms with Crippen molar-refractivity contribution in [3.05, 3.63) is 48.3 Å². The topological polar surface area (TPSA) is 60.7 Å². The Morgan fingerprint density at radius 3 is 2.40 bits per heavy atom. The molecule has 0 amide bonds. The Morgan fingerprint density at radius 1 is 1.03 bits per heavy atom. The van der Waals surface area contributed by atoms with Crippen LogP contribution in [0.1, 0.15) is 18.4 Å². The molecule has 1 saturated heterocycles. The van der Waals surface area contributed by atoms with Crippen LogP contribution < -0.4 is 15.5 Å². The molecule has 1 aromatic carbocycles. The lowest BCUT2D eigenvalue weighted by Gasteiger charge is -2.36. The number of piperazine rings is 1. The Balaban J connectivity index is 0.00000320. The molecule has 2 N–H and O–H groups in total. The minimum Gasteiger partial charge on any atom is -0.369 e. The van der Waals surface area contributed by atoms with Crippen molar-refractivity contribution in [2.45, 2.75) is 26.3 Å². The van der Waals surface area contributed by atoms with Crippen molar-refractivity contribution in [1.82, 2.24) is 25.3 Å². The molecule has 2 heterocycles. The number of hydrogen-bond donors (Lipinski definition) is 2. The van der Waals surface area contributed by atoms with Crippen LogP contribution in [0.15, 0.2) is 47.7 Å². The quantitative estimate of drug-likeness (QED) is 0.228. The predicted octanol–water partition coefficient (Wildman–Crippen LogP) is 2.58. The number of aliphatic imine (C=N–C) groups is 1. The lowest BCUT2D eigenvalue weighted by Crippen LogP contribution is -2.47. The summed E-state index contributed by atoms with van der Waals surface area (Å²) in [6, 6.07) is 10.8. The van der Waals surface area contributed by atoms with Gasteiger partial charge in [0.25, 0.3) is 0 Å². The van der Waals surface area contributed by atoms with Crippen molar-refractivity contribution in [1.29, 1.82) is 0 Å². The van der Waals surface area contributed by atoms with Gasteiger partial charge in [-0.1, -0.05) is 12.1 Å². The number of guanidine groups is 1. The molecular formula is C22H36IN7. The molecule has 1 fully saturated rings. The smallest absolute Gasteiger partial charge is 0.190 e. The van der Waals surface area contributed by atoms with Gasteiger partial charge in [0.05, 0.1) is 0 Å². The van der Waals surface area contributed by atoms with Crippen molar-refractivity contribution >= 4 is 35.6 Å². The van der Waals surface area contributed by atoms with Gasteiger partial charge < -0.3 is 15.5 Å². The number of hydrogen-bond acceptors (Lipinski definition) is 4. The lowest BCUT2D eigenvalue weighted by atomic mass is 10.2. The van der Waals surface area contributed by atoms with Gasteiger partial charge in [-0.2, -0.15) is 5.10 Å². The first-order valence-corrected chi connectivity index (χ1v) is 10.7. The second kappa shape index (κ2) is 13.5. The zero-order chi connectivity index (χ0) is 20.3. The van der Waals surface area contributed by atoms with Crippen LogP contribution in [-0.2, 0) is 6.54 Å². The fraction of sp³-hybridized carbons (Fsp3) is 0.545. The van der Waals surface area contributed by atoms with Crippen LogP contribution >= 0.6 is 24.0 Å². The molecule has 8 heteroatoms. The number of aryl methyl sites for hydroxylation is 2. The molecule has 0 spiro atoms. The summed E-state index contributed by atoms with van der Waals surface area (Å²) in [5.41, 5.74) is 2.69. The third-order valence-electron chi connectivity index (χ3n) is 5.32. The molecule has 0 radical (unpaired) electrons. The van der Waals surface area contributed by atoms with Gasteiger partial charge >= 0.3 is 0 Å². The van der Waals surface area contributed by atoms with E-state index in [1.165, 1.54) is 11.3 Å². The second-order valence-electron chi connectivity index (χ2n) is 7.57. The van der Waals surface area contributed by atoms with E-state index in [9.17, 15) is 0 Å². The molecule has 0 saturated carbocycles. The number of rotatable bonds is 9. The van der Waals surface area contributed by atoms with E-state index < -0.39 is 0 Å². The predicted molar refractivity (Wildman–Crippen MR) is 136 cm³/mol. The van der Waals surface area contributed by atoms with Crippen LogP contribution in [0.2, 0.25) is 0 Å². The number of aromatic nitrogens is 2. The molecule has 0 aliphatic carbocycles. The van der Waals surface area contributed by atoms with Crippen LogP contribution in [0.5, 0.6) is 0 Å². The molecule has 2 aromatic rings. The summed E-state index contributed by atoms with van der Waals surface area (Å²) in [6.45, 7) is 10.5. The van der Waals surface area contributed by atoms with E-state index in [2.05, 4.69) is 61.7 Å². The molecule has 0 bridgehead atoms. The lowest BCUT2D eigenvalue weighted by molar-refractivity contribution is 0.255. The van der Waals surface area contributed by atoms with Gasteiger partial charge in [-0.15, -0.1) is 24.0 Å². The van der Waals surface area contributed by atoms with Gasteiger partial charge in [-0.05, 0) is 50.1 Å². The van der Waals surface area contributed by atoms with E-state index in [4.69, 9.17) is 0 Å². The standard InChI is InChI=1S/C22H35N7.HI/c1-20-7-3-8-21(19-20)28-17-15-27(16-18-28)12-4-9-24-22(23-2)25-10-5-13-29-14-6-11-26-29;/h3,6-8,11,14,19H,4-5,9-10,12-13,15-18H2,1-2H3,(H2,23,24,25);1H. The van der Waals surface area contributed by atoms with E-state index in [1.807, 2.05) is 30.2 Å². The third-order valence-corrected chi connectivity index (χ3v) is 5.32. The Kier molecular flexibility index (Phi) is 11.0. The third kappa shape index (κ3) is 8.14. The molecule has 30 heavy (non-hydrogen) atoms. The molecule has 1 aliphatic rings. The molecular weight excluding hydrogens is 489 g/mol. The van der Waals surface area contributed by atoms with Crippen molar-refractivity contribution in [2.75, 3.05) is 57.8 Å². The van der Waals surface area contributed by atoms with Crippen molar-refractivity contribution < 1.29 is 0 Å². The molecule has 7 nitrogen and oxygen atoms in total. The van der Waals surface area contributed by atoms with Gasteiger partial charge in [-0.3, -0.25) is 14.6 Å². The van der Waals surface area contributed by atoms with E-state index in [0.29, 0.717) is 0 Å². The number of halogens is 1. The SMILES string of the molecule is CN=C(NCCCN1CCN(c2cccc(C)c2)CC1)NCCCn1cccn1.I. The van der Waals surface area contributed by atoms with Crippen LogP contribution in [0.4, 0.5) is 5.69 Å². The van der Waals surface area contributed by atoms with Crippen LogP contribution in [0.25, 0.3) is 0 Å². The number of nitrogens with one attached hydrogen (secondary N) is 2. The highest BCUT2D eigenvalue weighted by Gasteiger charge is 2.16.